The number of allylic oxidation sites excluding steroid dienone is 1. The molecule has 0 spiro atoms. The quantitative estimate of drug-likeness (QED) is 0.304. The van der Waals surface area contributed by atoms with E-state index in [2.05, 4.69) is 16.9 Å². The minimum atomic E-state index is -3.75. The molecule has 196 valence electrons. The van der Waals surface area contributed by atoms with Crippen LogP contribution in [0.25, 0.3) is 10.2 Å². The number of rotatable bonds is 9. The van der Waals surface area contributed by atoms with Crippen molar-refractivity contribution in [3.05, 3.63) is 101 Å². The van der Waals surface area contributed by atoms with Crippen LogP contribution in [0.15, 0.2) is 95.3 Å². The Morgan fingerprint density at radius 1 is 1.08 bits per heavy atom. The maximum atomic E-state index is 13.2. The maximum Gasteiger partial charge on any atom is 0.279 e. The number of nitrogens with zero attached hydrogens (tertiary/aromatic N) is 3. The van der Waals surface area contributed by atoms with Crippen molar-refractivity contribution < 1.29 is 18.0 Å². The molecule has 1 N–H and O–H groups in total. The van der Waals surface area contributed by atoms with Gasteiger partial charge in [-0.15, -0.1) is 6.58 Å². The highest BCUT2D eigenvalue weighted by Crippen LogP contribution is 2.23. The molecule has 4 rings (SSSR count). The molecule has 0 aliphatic carbocycles. The Labute approximate surface area is 225 Å². The third kappa shape index (κ3) is 5.99. The van der Waals surface area contributed by atoms with E-state index in [0.717, 1.165) is 15.8 Å². The smallest absolute Gasteiger partial charge is 0.279 e. The van der Waals surface area contributed by atoms with Gasteiger partial charge in [0.15, 0.2) is 4.80 Å². The molecule has 0 unspecified atom stereocenters. The largest absolute Gasteiger partial charge is 0.326 e. The highest BCUT2D eigenvalue weighted by Gasteiger charge is 2.23. The summed E-state index contributed by atoms with van der Waals surface area (Å²) < 4.78 is 30.6. The molecule has 38 heavy (non-hydrogen) atoms. The van der Waals surface area contributed by atoms with Gasteiger partial charge in [0.1, 0.15) is 0 Å². The van der Waals surface area contributed by atoms with Gasteiger partial charge in [0.2, 0.25) is 15.9 Å². The topological polar surface area (TPSA) is 101 Å². The van der Waals surface area contributed by atoms with E-state index < -0.39 is 15.9 Å². The lowest BCUT2D eigenvalue weighted by atomic mass is 10.2. The summed E-state index contributed by atoms with van der Waals surface area (Å²) in [4.78, 5) is 29.4. The van der Waals surface area contributed by atoms with Crippen molar-refractivity contribution in [1.82, 2.24) is 8.87 Å². The van der Waals surface area contributed by atoms with Crippen LogP contribution in [0.1, 0.15) is 29.8 Å². The van der Waals surface area contributed by atoms with E-state index in [1.165, 1.54) is 46.8 Å². The fraction of sp³-hybridized carbons (Fsp3) is 0.179. The molecule has 0 fully saturated rings. The predicted molar refractivity (Wildman–Crippen MR) is 150 cm³/mol. The van der Waals surface area contributed by atoms with E-state index in [1.807, 2.05) is 47.0 Å². The molecule has 8 nitrogen and oxygen atoms in total. The first kappa shape index (κ1) is 27.2. The van der Waals surface area contributed by atoms with Gasteiger partial charge in [0.05, 0.1) is 15.1 Å². The SMILES string of the molecule is C=CCn1c(=NC(=O)c2ccc(S(=O)(=O)N(CC)Cc3ccccc3)cc2)sc2cc(NC(C)=O)ccc21. The minimum Gasteiger partial charge on any atom is -0.326 e. The molecule has 0 aliphatic rings. The Hall–Kier alpha value is -3.86. The number of carbonyl (C=O) groups excluding carboxylic acids is 2. The van der Waals surface area contributed by atoms with E-state index in [-0.39, 0.29) is 22.9 Å². The number of anilines is 1. The van der Waals surface area contributed by atoms with E-state index in [9.17, 15) is 18.0 Å². The van der Waals surface area contributed by atoms with Gasteiger partial charge >= 0.3 is 0 Å². The third-order valence-corrected chi connectivity index (χ3v) is 8.78. The summed E-state index contributed by atoms with van der Waals surface area (Å²) in [6, 6.07) is 20.7. The Bertz CT molecular complexity index is 1650. The number of carbonyl (C=O) groups is 2. The molecule has 10 heteroatoms. The molecule has 0 atom stereocenters. The Morgan fingerprint density at radius 3 is 2.42 bits per heavy atom. The molecule has 4 aromatic rings. The molecule has 0 radical (unpaired) electrons. The lowest BCUT2D eigenvalue weighted by molar-refractivity contribution is -0.114. The first-order chi connectivity index (χ1) is 18.2. The summed E-state index contributed by atoms with van der Waals surface area (Å²) in [6.07, 6.45) is 1.71. The number of fused-ring (bicyclic) bond motifs is 1. The molecule has 0 aliphatic heterocycles. The summed E-state index contributed by atoms with van der Waals surface area (Å²) in [6.45, 7) is 8.04. The maximum absolute atomic E-state index is 13.2. The van der Waals surface area contributed by atoms with Gasteiger partial charge in [0, 0.05) is 37.8 Å². The second-order valence-corrected chi connectivity index (χ2v) is 11.5. The summed E-state index contributed by atoms with van der Waals surface area (Å²) >= 11 is 1.32. The first-order valence-corrected chi connectivity index (χ1v) is 14.2. The van der Waals surface area contributed by atoms with Crippen LogP contribution >= 0.6 is 11.3 Å². The average molecular weight is 549 g/mol. The van der Waals surface area contributed by atoms with E-state index >= 15 is 0 Å². The van der Waals surface area contributed by atoms with Crippen molar-refractivity contribution in [3.63, 3.8) is 0 Å². The van der Waals surface area contributed by atoms with Crippen LogP contribution in [-0.4, -0.2) is 35.6 Å². The van der Waals surface area contributed by atoms with Crippen molar-refractivity contribution in [3.8, 4) is 0 Å². The molecule has 3 aromatic carbocycles. The summed E-state index contributed by atoms with van der Waals surface area (Å²) in [5, 5.41) is 2.76. The fourth-order valence-electron chi connectivity index (χ4n) is 3.97. The number of sulfonamides is 1. The Morgan fingerprint density at radius 2 is 1.79 bits per heavy atom. The van der Waals surface area contributed by atoms with Crippen molar-refractivity contribution in [1.29, 1.82) is 0 Å². The van der Waals surface area contributed by atoms with E-state index in [4.69, 9.17) is 0 Å². The number of benzene rings is 3. The van der Waals surface area contributed by atoms with Gasteiger partial charge in [-0.25, -0.2) is 8.42 Å². The molecule has 1 aromatic heterocycles. The lowest BCUT2D eigenvalue weighted by Crippen LogP contribution is -2.30. The standard InChI is InChI=1S/C28H28N4O4S2/c1-4-17-32-25-16-13-23(29-20(3)33)18-26(25)37-28(32)30-27(34)22-11-14-24(15-12-22)38(35,36)31(5-2)19-21-9-7-6-8-10-21/h4,6-16,18H,1,5,17,19H2,2-3H3,(H,29,33). The minimum absolute atomic E-state index is 0.112. The summed E-state index contributed by atoms with van der Waals surface area (Å²) in [7, 11) is -3.75. The van der Waals surface area contributed by atoms with Crippen LogP contribution in [0.3, 0.4) is 0 Å². The summed E-state index contributed by atoms with van der Waals surface area (Å²) in [5.74, 6) is -0.662. The molecule has 0 bridgehead atoms. The normalized spacial score (nSPS) is 12.1. The predicted octanol–water partition coefficient (Wildman–Crippen LogP) is 4.80. The van der Waals surface area contributed by atoms with E-state index in [1.54, 1.807) is 19.1 Å². The average Bonchev–Trinajstić information content (AvgIpc) is 3.23. The Kier molecular flexibility index (Phi) is 8.35. The van der Waals surface area contributed by atoms with Gasteiger partial charge < -0.3 is 9.88 Å². The third-order valence-electron chi connectivity index (χ3n) is 5.81. The zero-order valence-corrected chi connectivity index (χ0v) is 22.8. The first-order valence-electron chi connectivity index (χ1n) is 12.0. The highest BCUT2D eigenvalue weighted by atomic mass is 32.2. The van der Waals surface area contributed by atoms with Gasteiger partial charge in [0.25, 0.3) is 5.91 Å². The molecule has 2 amide bonds. The summed E-state index contributed by atoms with van der Waals surface area (Å²) in [5.41, 5.74) is 2.68. The molecular formula is C28H28N4O4S2. The van der Waals surface area contributed by atoms with Crippen molar-refractivity contribution in [2.45, 2.75) is 31.8 Å². The number of nitrogens with one attached hydrogen (secondary N) is 1. The van der Waals surface area contributed by atoms with E-state index in [0.29, 0.717) is 23.6 Å². The van der Waals surface area contributed by atoms with Gasteiger partial charge in [-0.05, 0) is 48.0 Å². The number of hydrogen-bond donors (Lipinski definition) is 1. The molecular weight excluding hydrogens is 520 g/mol. The number of aromatic nitrogens is 1. The van der Waals surface area contributed by atoms with Crippen LogP contribution in [0.5, 0.6) is 0 Å². The molecule has 0 saturated carbocycles. The van der Waals surface area contributed by atoms with Crippen LogP contribution < -0.4 is 10.1 Å². The number of thiazole rings is 1. The van der Waals surface area contributed by atoms with Gasteiger partial charge in [-0.2, -0.15) is 9.30 Å². The van der Waals surface area contributed by atoms with Crippen LogP contribution in [-0.2, 0) is 27.9 Å². The Balaban J connectivity index is 1.62. The fourth-order valence-corrected chi connectivity index (χ4v) is 6.48. The van der Waals surface area contributed by atoms with Gasteiger partial charge in [-0.3, -0.25) is 9.59 Å². The second kappa shape index (κ2) is 11.7. The second-order valence-electron chi connectivity index (χ2n) is 8.51. The van der Waals surface area contributed by atoms with Gasteiger partial charge in [-0.1, -0.05) is 54.7 Å². The van der Waals surface area contributed by atoms with Crippen molar-refractivity contribution >= 4 is 49.1 Å². The zero-order valence-electron chi connectivity index (χ0n) is 21.1. The molecule has 1 heterocycles. The number of amides is 2. The van der Waals surface area contributed by atoms with Crippen LogP contribution in [0, 0.1) is 0 Å². The van der Waals surface area contributed by atoms with Crippen LogP contribution in [0.2, 0.25) is 0 Å². The zero-order chi connectivity index (χ0) is 27.3. The van der Waals surface area contributed by atoms with Crippen LogP contribution in [0.4, 0.5) is 5.69 Å². The lowest BCUT2D eigenvalue weighted by Gasteiger charge is -2.20. The monoisotopic (exact) mass is 548 g/mol. The van der Waals surface area contributed by atoms with Crippen molar-refractivity contribution in [2.75, 3.05) is 11.9 Å². The molecule has 0 saturated heterocycles. The van der Waals surface area contributed by atoms with Crippen molar-refractivity contribution in [2.24, 2.45) is 4.99 Å². The number of hydrogen-bond acceptors (Lipinski definition) is 5. The highest BCUT2D eigenvalue weighted by molar-refractivity contribution is 7.89.